The van der Waals surface area contributed by atoms with E-state index < -0.39 is 0 Å². The lowest BCUT2D eigenvalue weighted by Crippen LogP contribution is -2.10. The topological polar surface area (TPSA) is 52.1 Å². The van der Waals surface area contributed by atoms with Gasteiger partial charge in [0, 0.05) is 19.2 Å². The summed E-state index contributed by atoms with van der Waals surface area (Å²) in [6.45, 7) is 2.69. The van der Waals surface area contributed by atoms with Crippen molar-refractivity contribution < 1.29 is 9.53 Å². The summed E-state index contributed by atoms with van der Waals surface area (Å²) in [6.07, 6.45) is 6.93. The Morgan fingerprint density at radius 1 is 1.50 bits per heavy atom. The number of hydrogen-bond donors (Lipinski definition) is 0. The van der Waals surface area contributed by atoms with Gasteiger partial charge < -0.3 is 4.74 Å². The number of carbonyl (C=O) groups excluding carboxylic acids is 1. The molecule has 1 atom stereocenters. The van der Waals surface area contributed by atoms with Gasteiger partial charge in [0.2, 0.25) is 0 Å². The first-order valence-corrected chi connectivity index (χ1v) is 5.69. The molecule has 0 aliphatic carbocycles. The number of hydrogen-bond acceptors (Lipinski definition) is 4. The molecule has 1 saturated heterocycles. The van der Waals surface area contributed by atoms with Gasteiger partial charge in [-0.2, -0.15) is 0 Å². The van der Waals surface area contributed by atoms with E-state index in [0.717, 1.165) is 31.6 Å². The molecule has 4 nitrogen and oxygen atoms in total. The molecule has 0 radical (unpaired) electrons. The Morgan fingerprint density at radius 3 is 3.00 bits per heavy atom. The first kappa shape index (κ1) is 11.2. The van der Waals surface area contributed by atoms with Crippen LogP contribution in [0.25, 0.3) is 0 Å². The van der Waals surface area contributed by atoms with Crippen LogP contribution in [-0.2, 0) is 4.74 Å². The van der Waals surface area contributed by atoms with Crippen molar-refractivity contribution in [2.75, 3.05) is 6.61 Å². The number of nitrogens with zero attached hydrogens (tertiary/aromatic N) is 2. The third kappa shape index (κ3) is 2.85. The summed E-state index contributed by atoms with van der Waals surface area (Å²) in [4.78, 5) is 19.9. The van der Waals surface area contributed by atoms with Crippen LogP contribution in [-0.4, -0.2) is 28.5 Å². The highest BCUT2D eigenvalue weighted by molar-refractivity contribution is 5.93. The van der Waals surface area contributed by atoms with Crippen LogP contribution in [0.4, 0.5) is 0 Å². The maximum absolute atomic E-state index is 11.8. The highest BCUT2D eigenvalue weighted by Crippen LogP contribution is 2.17. The van der Waals surface area contributed by atoms with E-state index >= 15 is 0 Å². The largest absolute Gasteiger partial charge is 0.378 e. The second kappa shape index (κ2) is 5.16. The van der Waals surface area contributed by atoms with Gasteiger partial charge in [-0.1, -0.05) is 0 Å². The normalized spacial score (nSPS) is 19.9. The van der Waals surface area contributed by atoms with E-state index in [4.69, 9.17) is 4.74 Å². The molecule has 1 aromatic heterocycles. The van der Waals surface area contributed by atoms with Gasteiger partial charge in [-0.05, 0) is 26.2 Å². The summed E-state index contributed by atoms with van der Waals surface area (Å²) in [5, 5.41) is 0. The zero-order chi connectivity index (χ0) is 11.4. The van der Waals surface area contributed by atoms with Gasteiger partial charge in [-0.15, -0.1) is 0 Å². The van der Waals surface area contributed by atoms with E-state index in [1.165, 1.54) is 0 Å². The fourth-order valence-corrected chi connectivity index (χ4v) is 1.83. The molecule has 1 aliphatic rings. The minimum absolute atomic E-state index is 0.0583. The molecule has 4 heteroatoms. The molecule has 0 saturated carbocycles. The molecule has 0 aromatic carbocycles. The lowest BCUT2D eigenvalue weighted by Gasteiger charge is -2.07. The maximum atomic E-state index is 11.8. The van der Waals surface area contributed by atoms with Gasteiger partial charge in [-0.3, -0.25) is 9.78 Å². The van der Waals surface area contributed by atoms with Gasteiger partial charge in [0.15, 0.2) is 5.78 Å². The van der Waals surface area contributed by atoms with Gasteiger partial charge in [-0.25, -0.2) is 4.98 Å². The van der Waals surface area contributed by atoms with Crippen molar-refractivity contribution in [3.8, 4) is 0 Å². The second-order valence-electron chi connectivity index (χ2n) is 4.14. The lowest BCUT2D eigenvalue weighted by atomic mass is 10.1. The Kier molecular flexibility index (Phi) is 3.62. The molecule has 1 aromatic rings. The van der Waals surface area contributed by atoms with Crippen molar-refractivity contribution in [2.45, 2.75) is 38.7 Å². The molecule has 1 aliphatic heterocycles. The molecule has 2 heterocycles. The van der Waals surface area contributed by atoms with Crippen molar-refractivity contribution in [3.63, 3.8) is 0 Å². The van der Waals surface area contributed by atoms with Crippen LogP contribution < -0.4 is 0 Å². The van der Waals surface area contributed by atoms with Crippen molar-refractivity contribution >= 4 is 5.78 Å². The lowest BCUT2D eigenvalue weighted by molar-refractivity contribution is 0.0855. The zero-order valence-corrected chi connectivity index (χ0v) is 9.48. The van der Waals surface area contributed by atoms with Crippen LogP contribution in [0.2, 0.25) is 0 Å². The quantitative estimate of drug-likeness (QED) is 0.727. The standard InChI is InChI=1S/C12H16N2O2/c1-9-7-14-11(8-13-9)12(15)5-4-10-3-2-6-16-10/h7-8,10H,2-6H2,1H3. The molecular weight excluding hydrogens is 204 g/mol. The van der Waals surface area contributed by atoms with Gasteiger partial charge in [0.05, 0.1) is 18.0 Å². The molecule has 0 bridgehead atoms. The van der Waals surface area contributed by atoms with E-state index in [9.17, 15) is 4.79 Å². The highest BCUT2D eigenvalue weighted by atomic mass is 16.5. The summed E-state index contributed by atoms with van der Waals surface area (Å²) in [6, 6.07) is 0. The van der Waals surface area contributed by atoms with E-state index in [1.807, 2.05) is 6.92 Å². The van der Waals surface area contributed by atoms with E-state index in [2.05, 4.69) is 9.97 Å². The molecule has 1 unspecified atom stereocenters. The predicted octanol–water partition coefficient (Wildman–Crippen LogP) is 1.93. The number of Topliss-reactive ketones (excluding diaryl/α,β-unsaturated/α-hetero) is 1. The van der Waals surface area contributed by atoms with Crippen molar-refractivity contribution in [1.29, 1.82) is 0 Å². The van der Waals surface area contributed by atoms with Crippen molar-refractivity contribution in [2.24, 2.45) is 0 Å². The number of rotatable bonds is 4. The molecule has 86 valence electrons. The summed E-state index contributed by atoms with van der Waals surface area (Å²) in [5.74, 6) is 0.0583. The minimum Gasteiger partial charge on any atom is -0.378 e. The smallest absolute Gasteiger partial charge is 0.182 e. The first-order valence-electron chi connectivity index (χ1n) is 5.69. The van der Waals surface area contributed by atoms with Gasteiger partial charge in [0.25, 0.3) is 0 Å². The summed E-state index contributed by atoms with van der Waals surface area (Å²) in [5.41, 5.74) is 1.29. The van der Waals surface area contributed by atoms with E-state index in [1.54, 1.807) is 12.4 Å². The molecule has 0 amide bonds. The number of ether oxygens (including phenoxy) is 1. The van der Waals surface area contributed by atoms with Crippen LogP contribution in [0.3, 0.4) is 0 Å². The Hall–Kier alpha value is -1.29. The van der Waals surface area contributed by atoms with Crippen molar-refractivity contribution in [3.05, 3.63) is 23.8 Å². The van der Waals surface area contributed by atoms with Crippen LogP contribution in [0.1, 0.15) is 41.9 Å². The molecule has 0 N–H and O–H groups in total. The average molecular weight is 220 g/mol. The van der Waals surface area contributed by atoms with Crippen LogP contribution >= 0.6 is 0 Å². The summed E-state index contributed by atoms with van der Waals surface area (Å²) < 4.78 is 5.47. The highest BCUT2D eigenvalue weighted by Gasteiger charge is 2.17. The fraction of sp³-hybridized carbons (Fsp3) is 0.583. The number of aromatic nitrogens is 2. The summed E-state index contributed by atoms with van der Waals surface area (Å²) in [7, 11) is 0. The fourth-order valence-electron chi connectivity index (χ4n) is 1.83. The Balaban J connectivity index is 1.85. The van der Waals surface area contributed by atoms with Gasteiger partial charge >= 0.3 is 0 Å². The molecular formula is C12H16N2O2. The SMILES string of the molecule is Cc1cnc(C(=O)CCC2CCCO2)cn1. The van der Waals surface area contributed by atoms with Crippen LogP contribution in [0.15, 0.2) is 12.4 Å². The van der Waals surface area contributed by atoms with E-state index in [0.29, 0.717) is 12.1 Å². The Labute approximate surface area is 95.1 Å². The molecule has 1 fully saturated rings. The third-order valence-corrected chi connectivity index (χ3v) is 2.78. The Bertz CT molecular complexity index is 356. The predicted molar refractivity (Wildman–Crippen MR) is 59.3 cm³/mol. The first-order chi connectivity index (χ1) is 7.75. The Morgan fingerprint density at radius 2 is 2.38 bits per heavy atom. The van der Waals surface area contributed by atoms with Gasteiger partial charge in [0.1, 0.15) is 5.69 Å². The van der Waals surface area contributed by atoms with Crippen LogP contribution in [0, 0.1) is 6.92 Å². The number of carbonyl (C=O) groups is 1. The molecule has 0 spiro atoms. The third-order valence-electron chi connectivity index (χ3n) is 2.78. The molecule has 2 rings (SSSR count). The summed E-state index contributed by atoms with van der Waals surface area (Å²) >= 11 is 0. The maximum Gasteiger partial charge on any atom is 0.182 e. The van der Waals surface area contributed by atoms with Crippen molar-refractivity contribution in [1.82, 2.24) is 9.97 Å². The second-order valence-corrected chi connectivity index (χ2v) is 4.14. The minimum atomic E-state index is 0.0583. The number of aryl methyl sites for hydroxylation is 1. The monoisotopic (exact) mass is 220 g/mol. The number of ketones is 1. The molecule has 16 heavy (non-hydrogen) atoms. The zero-order valence-electron chi connectivity index (χ0n) is 9.48. The van der Waals surface area contributed by atoms with Crippen LogP contribution in [0.5, 0.6) is 0 Å². The average Bonchev–Trinajstić information content (AvgIpc) is 2.80. The van der Waals surface area contributed by atoms with E-state index in [-0.39, 0.29) is 11.9 Å².